The van der Waals surface area contributed by atoms with E-state index in [-0.39, 0.29) is 0 Å². The summed E-state index contributed by atoms with van der Waals surface area (Å²) in [5.74, 6) is 0.766. The van der Waals surface area contributed by atoms with Crippen LogP contribution < -0.4 is 5.32 Å². The van der Waals surface area contributed by atoms with Crippen LogP contribution in [0.4, 0.5) is 5.82 Å². The molecule has 2 aromatic rings. The van der Waals surface area contributed by atoms with Crippen LogP contribution >= 0.6 is 0 Å². The lowest BCUT2D eigenvalue weighted by molar-refractivity contribution is 1.00. The number of nitrogens with one attached hydrogen (secondary N) is 1. The molecule has 0 spiro atoms. The molecule has 0 aliphatic heterocycles. The summed E-state index contributed by atoms with van der Waals surface area (Å²) in [5, 5.41) is 12.1. The van der Waals surface area contributed by atoms with Gasteiger partial charge in [0, 0.05) is 12.2 Å². The number of rotatable bonds is 4. The van der Waals surface area contributed by atoms with Gasteiger partial charge in [0.15, 0.2) is 0 Å². The van der Waals surface area contributed by atoms with E-state index >= 15 is 0 Å². The van der Waals surface area contributed by atoms with Crippen molar-refractivity contribution in [3.05, 3.63) is 59.3 Å². The highest BCUT2D eigenvalue weighted by Crippen LogP contribution is 2.09. The van der Waals surface area contributed by atoms with Crippen molar-refractivity contribution in [1.29, 1.82) is 5.26 Å². The Labute approximate surface area is 107 Å². The Bertz CT molecular complexity index is 556. The summed E-state index contributed by atoms with van der Waals surface area (Å²) in [6.07, 6.45) is 0.943. The van der Waals surface area contributed by atoms with E-state index < -0.39 is 0 Å². The molecule has 0 fully saturated rings. The molecule has 3 nitrogen and oxygen atoms in total. The summed E-state index contributed by atoms with van der Waals surface area (Å²) in [6.45, 7) is 2.70. The zero-order chi connectivity index (χ0) is 12.8. The lowest BCUT2D eigenvalue weighted by Crippen LogP contribution is -2.07. The van der Waals surface area contributed by atoms with Crippen molar-refractivity contribution in [3.8, 4) is 6.07 Å². The maximum absolute atomic E-state index is 8.88. The average Bonchev–Trinajstić information content (AvgIpc) is 2.39. The SMILES string of the molecule is Cc1cc(C#N)cc(NCCc2ccccc2)n1. The molecule has 0 unspecified atom stereocenters. The first kappa shape index (κ1) is 12.1. The average molecular weight is 237 g/mol. The van der Waals surface area contributed by atoms with Gasteiger partial charge in [0.05, 0.1) is 11.6 Å². The molecule has 3 heteroatoms. The van der Waals surface area contributed by atoms with Crippen molar-refractivity contribution < 1.29 is 0 Å². The first-order valence-corrected chi connectivity index (χ1v) is 5.94. The van der Waals surface area contributed by atoms with E-state index in [4.69, 9.17) is 5.26 Å². The maximum atomic E-state index is 8.88. The number of benzene rings is 1. The first-order chi connectivity index (χ1) is 8.78. The standard InChI is InChI=1S/C15H15N3/c1-12-9-14(11-16)10-15(18-12)17-8-7-13-5-3-2-4-6-13/h2-6,9-10H,7-8H2,1H3,(H,17,18). The molecule has 0 bridgehead atoms. The Morgan fingerprint density at radius 1 is 1.22 bits per heavy atom. The molecule has 0 aliphatic rings. The van der Waals surface area contributed by atoms with E-state index in [0.717, 1.165) is 24.5 Å². The van der Waals surface area contributed by atoms with Gasteiger partial charge in [-0.25, -0.2) is 4.98 Å². The summed E-state index contributed by atoms with van der Waals surface area (Å²) in [7, 11) is 0. The molecule has 1 aromatic heterocycles. The third-order valence-corrected chi connectivity index (χ3v) is 2.65. The highest BCUT2D eigenvalue weighted by atomic mass is 15.0. The lowest BCUT2D eigenvalue weighted by atomic mass is 10.1. The Hall–Kier alpha value is -2.34. The van der Waals surface area contributed by atoms with Gasteiger partial charge in [-0.1, -0.05) is 30.3 Å². The van der Waals surface area contributed by atoms with E-state index in [9.17, 15) is 0 Å². The van der Waals surface area contributed by atoms with E-state index in [0.29, 0.717) is 5.56 Å². The molecule has 0 saturated heterocycles. The van der Waals surface area contributed by atoms with Gasteiger partial charge >= 0.3 is 0 Å². The van der Waals surface area contributed by atoms with Crippen molar-refractivity contribution in [2.24, 2.45) is 0 Å². The van der Waals surface area contributed by atoms with E-state index in [1.807, 2.05) is 25.1 Å². The van der Waals surface area contributed by atoms with Gasteiger partial charge < -0.3 is 5.32 Å². The van der Waals surface area contributed by atoms with Gasteiger partial charge in [-0.3, -0.25) is 0 Å². The monoisotopic (exact) mass is 237 g/mol. The van der Waals surface area contributed by atoms with Crippen molar-refractivity contribution in [2.45, 2.75) is 13.3 Å². The molecule has 0 radical (unpaired) electrons. The van der Waals surface area contributed by atoms with Crippen molar-refractivity contribution in [1.82, 2.24) is 4.98 Å². The molecule has 0 atom stereocenters. The van der Waals surface area contributed by atoms with Crippen molar-refractivity contribution in [2.75, 3.05) is 11.9 Å². The second-order valence-electron chi connectivity index (χ2n) is 4.16. The Balaban J connectivity index is 1.95. The molecule has 90 valence electrons. The number of anilines is 1. The van der Waals surface area contributed by atoms with Crippen molar-refractivity contribution >= 4 is 5.82 Å². The largest absolute Gasteiger partial charge is 0.370 e. The van der Waals surface area contributed by atoms with Crippen LogP contribution in [0.3, 0.4) is 0 Å². The smallest absolute Gasteiger partial charge is 0.127 e. The zero-order valence-electron chi connectivity index (χ0n) is 10.4. The highest BCUT2D eigenvalue weighted by molar-refractivity contribution is 5.44. The second kappa shape index (κ2) is 5.83. The van der Waals surface area contributed by atoms with Crippen LogP contribution in [0.15, 0.2) is 42.5 Å². The number of pyridine rings is 1. The molecular weight excluding hydrogens is 222 g/mol. The number of nitrogens with zero attached hydrogens (tertiary/aromatic N) is 2. The third kappa shape index (κ3) is 3.33. The van der Waals surface area contributed by atoms with Crippen LogP contribution in [0, 0.1) is 18.3 Å². The number of nitriles is 1. The predicted octanol–water partition coefficient (Wildman–Crippen LogP) is 2.92. The van der Waals surface area contributed by atoms with Gasteiger partial charge in [0.2, 0.25) is 0 Å². The molecule has 1 heterocycles. The predicted molar refractivity (Wildman–Crippen MR) is 72.3 cm³/mol. The Morgan fingerprint density at radius 3 is 2.72 bits per heavy atom. The normalized spacial score (nSPS) is 9.78. The minimum atomic E-state index is 0.643. The summed E-state index contributed by atoms with van der Waals surface area (Å²) in [6, 6.07) is 16.0. The molecule has 2 rings (SSSR count). The summed E-state index contributed by atoms with van der Waals surface area (Å²) in [4.78, 5) is 4.35. The van der Waals surface area contributed by atoms with Crippen LogP contribution in [-0.4, -0.2) is 11.5 Å². The van der Waals surface area contributed by atoms with Crippen LogP contribution in [0.2, 0.25) is 0 Å². The number of hydrogen-bond donors (Lipinski definition) is 1. The molecular formula is C15H15N3. The fourth-order valence-corrected chi connectivity index (χ4v) is 1.80. The molecule has 0 aliphatic carbocycles. The van der Waals surface area contributed by atoms with Crippen LogP contribution in [0.25, 0.3) is 0 Å². The topological polar surface area (TPSA) is 48.7 Å². The van der Waals surface area contributed by atoms with Crippen LogP contribution in [0.1, 0.15) is 16.8 Å². The zero-order valence-corrected chi connectivity index (χ0v) is 10.4. The molecule has 0 amide bonds. The Kier molecular flexibility index (Phi) is 3.93. The van der Waals surface area contributed by atoms with Gasteiger partial charge in [-0.2, -0.15) is 5.26 Å². The summed E-state index contributed by atoms with van der Waals surface area (Å²) >= 11 is 0. The first-order valence-electron chi connectivity index (χ1n) is 5.94. The van der Waals surface area contributed by atoms with E-state index in [1.54, 1.807) is 12.1 Å². The van der Waals surface area contributed by atoms with Gasteiger partial charge in [0.25, 0.3) is 0 Å². The lowest BCUT2D eigenvalue weighted by Gasteiger charge is -2.07. The molecule has 18 heavy (non-hydrogen) atoms. The van der Waals surface area contributed by atoms with E-state index in [1.165, 1.54) is 5.56 Å². The summed E-state index contributed by atoms with van der Waals surface area (Å²) in [5.41, 5.74) is 2.79. The number of hydrogen-bond acceptors (Lipinski definition) is 3. The van der Waals surface area contributed by atoms with Crippen LogP contribution in [-0.2, 0) is 6.42 Å². The number of aryl methyl sites for hydroxylation is 1. The van der Waals surface area contributed by atoms with Crippen LogP contribution in [0.5, 0.6) is 0 Å². The van der Waals surface area contributed by atoms with Gasteiger partial charge in [-0.05, 0) is 31.0 Å². The fourth-order valence-electron chi connectivity index (χ4n) is 1.80. The third-order valence-electron chi connectivity index (χ3n) is 2.65. The highest BCUT2D eigenvalue weighted by Gasteiger charge is 1.99. The summed E-state index contributed by atoms with van der Waals surface area (Å²) < 4.78 is 0. The molecule has 1 aromatic carbocycles. The minimum Gasteiger partial charge on any atom is -0.370 e. The Morgan fingerprint density at radius 2 is 2.00 bits per heavy atom. The fraction of sp³-hybridized carbons (Fsp3) is 0.200. The van der Waals surface area contributed by atoms with Gasteiger partial charge in [0.1, 0.15) is 5.82 Å². The molecule has 0 saturated carbocycles. The number of aromatic nitrogens is 1. The van der Waals surface area contributed by atoms with Gasteiger partial charge in [-0.15, -0.1) is 0 Å². The quantitative estimate of drug-likeness (QED) is 0.889. The van der Waals surface area contributed by atoms with E-state index in [2.05, 4.69) is 28.5 Å². The molecule has 1 N–H and O–H groups in total. The maximum Gasteiger partial charge on any atom is 0.127 e. The second-order valence-corrected chi connectivity index (χ2v) is 4.16. The van der Waals surface area contributed by atoms with Crippen molar-refractivity contribution in [3.63, 3.8) is 0 Å². The minimum absolute atomic E-state index is 0.643.